The molecule has 0 bridgehead atoms. The normalized spacial score (nSPS) is 11.6. The van der Waals surface area contributed by atoms with E-state index in [-0.39, 0.29) is 17.9 Å². The number of anilines is 1. The summed E-state index contributed by atoms with van der Waals surface area (Å²) >= 11 is 0. The Morgan fingerprint density at radius 1 is 1.00 bits per heavy atom. The Morgan fingerprint density at radius 3 is 2.27 bits per heavy atom. The average molecular weight is 349 g/mol. The summed E-state index contributed by atoms with van der Waals surface area (Å²) in [5.41, 5.74) is 2.12. The van der Waals surface area contributed by atoms with Crippen LogP contribution >= 0.6 is 0 Å². The van der Waals surface area contributed by atoms with Crippen LogP contribution in [-0.4, -0.2) is 26.8 Å². The highest BCUT2D eigenvalue weighted by Crippen LogP contribution is 2.16. The van der Waals surface area contributed by atoms with Gasteiger partial charge in [0.25, 0.3) is 5.91 Å². The van der Waals surface area contributed by atoms with Crippen LogP contribution < -0.4 is 10.6 Å². The van der Waals surface area contributed by atoms with Crippen molar-refractivity contribution in [3.8, 4) is 0 Å². The highest BCUT2D eigenvalue weighted by Gasteiger charge is 2.17. The lowest BCUT2D eigenvalue weighted by molar-refractivity contribution is -0.114. The second-order valence-corrected chi connectivity index (χ2v) is 5.78. The predicted molar refractivity (Wildman–Crippen MR) is 97.4 cm³/mol. The van der Waals surface area contributed by atoms with E-state index in [0.717, 1.165) is 5.56 Å². The van der Waals surface area contributed by atoms with Gasteiger partial charge in [-0.05, 0) is 29.8 Å². The molecule has 2 N–H and O–H groups in total. The molecule has 2 amide bonds. The molecule has 7 nitrogen and oxygen atoms in total. The van der Waals surface area contributed by atoms with Crippen LogP contribution in [0.5, 0.6) is 0 Å². The highest BCUT2D eigenvalue weighted by atomic mass is 16.2. The molecule has 0 aliphatic heterocycles. The number of rotatable bonds is 6. The van der Waals surface area contributed by atoms with E-state index >= 15 is 0 Å². The van der Waals surface area contributed by atoms with E-state index in [9.17, 15) is 9.59 Å². The summed E-state index contributed by atoms with van der Waals surface area (Å²) in [7, 11) is 0. The Bertz CT molecular complexity index is 861. The molecule has 0 aliphatic carbocycles. The first kappa shape index (κ1) is 17.3. The first-order valence-electron chi connectivity index (χ1n) is 8.19. The monoisotopic (exact) mass is 349 g/mol. The SMILES string of the molecule is CC(=O)Nc1ccc(C(=O)N[C@H](Cn2nccn2)c2ccccc2)cc1. The number of carbonyl (C=O) groups is 2. The molecule has 0 saturated heterocycles. The van der Waals surface area contributed by atoms with Crippen LogP contribution in [0, 0.1) is 0 Å². The standard InChI is InChI=1S/C19H19N5O2/c1-14(25)22-17-9-7-16(8-10-17)19(26)23-18(13-24-20-11-12-21-24)15-5-3-2-4-6-15/h2-12,18H,13H2,1H3,(H,22,25)(H,23,26)/t18-/m1/s1. The smallest absolute Gasteiger partial charge is 0.251 e. The molecule has 7 heteroatoms. The maximum absolute atomic E-state index is 12.6. The molecule has 3 rings (SSSR count). The van der Waals surface area contributed by atoms with Crippen LogP contribution in [0.3, 0.4) is 0 Å². The van der Waals surface area contributed by atoms with E-state index in [1.165, 1.54) is 11.7 Å². The van der Waals surface area contributed by atoms with Crippen LogP contribution in [0.25, 0.3) is 0 Å². The minimum atomic E-state index is -0.272. The number of nitrogens with zero attached hydrogens (tertiary/aromatic N) is 3. The number of nitrogens with one attached hydrogen (secondary N) is 2. The van der Waals surface area contributed by atoms with E-state index in [2.05, 4.69) is 20.8 Å². The average Bonchev–Trinajstić information content (AvgIpc) is 3.15. The van der Waals surface area contributed by atoms with Crippen LogP contribution in [0.2, 0.25) is 0 Å². The summed E-state index contributed by atoms with van der Waals surface area (Å²) in [6.45, 7) is 1.86. The third kappa shape index (κ3) is 4.54. The predicted octanol–water partition coefficient (Wildman–Crippen LogP) is 2.41. The van der Waals surface area contributed by atoms with Crippen LogP contribution in [-0.2, 0) is 11.3 Å². The molecule has 0 radical (unpaired) electrons. The Kier molecular flexibility index (Phi) is 5.38. The van der Waals surface area contributed by atoms with Gasteiger partial charge in [-0.25, -0.2) is 0 Å². The van der Waals surface area contributed by atoms with Gasteiger partial charge in [0, 0.05) is 18.2 Å². The van der Waals surface area contributed by atoms with Gasteiger partial charge in [-0.2, -0.15) is 15.0 Å². The molecule has 1 aromatic heterocycles. The van der Waals surface area contributed by atoms with Crippen molar-refractivity contribution in [1.82, 2.24) is 20.3 Å². The second kappa shape index (κ2) is 8.06. The van der Waals surface area contributed by atoms with Gasteiger partial charge >= 0.3 is 0 Å². The van der Waals surface area contributed by atoms with Gasteiger partial charge < -0.3 is 10.6 Å². The third-order valence-electron chi connectivity index (χ3n) is 3.79. The fraction of sp³-hybridized carbons (Fsp3) is 0.158. The first-order chi connectivity index (χ1) is 12.6. The van der Waals surface area contributed by atoms with Crippen molar-refractivity contribution < 1.29 is 9.59 Å². The maximum Gasteiger partial charge on any atom is 0.251 e. The Hall–Kier alpha value is -3.48. The van der Waals surface area contributed by atoms with Gasteiger partial charge in [0.05, 0.1) is 25.0 Å². The molecule has 1 atom stereocenters. The molecule has 0 fully saturated rings. The van der Waals surface area contributed by atoms with Crippen molar-refractivity contribution in [1.29, 1.82) is 0 Å². The van der Waals surface area contributed by atoms with Crippen molar-refractivity contribution in [2.45, 2.75) is 19.5 Å². The van der Waals surface area contributed by atoms with Crippen molar-refractivity contribution in [3.05, 3.63) is 78.1 Å². The van der Waals surface area contributed by atoms with E-state index in [4.69, 9.17) is 0 Å². The van der Waals surface area contributed by atoms with Crippen LogP contribution in [0.1, 0.15) is 28.9 Å². The summed E-state index contributed by atoms with van der Waals surface area (Å²) in [5.74, 6) is -0.363. The lowest BCUT2D eigenvalue weighted by Gasteiger charge is -2.19. The van der Waals surface area contributed by atoms with Gasteiger partial charge in [0.15, 0.2) is 0 Å². The molecule has 0 unspecified atom stereocenters. The molecule has 0 saturated carbocycles. The molecule has 2 aromatic carbocycles. The zero-order valence-corrected chi connectivity index (χ0v) is 14.3. The molecule has 0 spiro atoms. The van der Waals surface area contributed by atoms with Crippen molar-refractivity contribution >= 4 is 17.5 Å². The Labute approximate surface area is 151 Å². The van der Waals surface area contributed by atoms with Gasteiger partial charge in [-0.3, -0.25) is 9.59 Å². The molecule has 0 aliphatic rings. The zero-order chi connectivity index (χ0) is 18.4. The lowest BCUT2D eigenvalue weighted by Crippen LogP contribution is -2.32. The van der Waals surface area contributed by atoms with Crippen molar-refractivity contribution in [2.75, 3.05) is 5.32 Å². The van der Waals surface area contributed by atoms with Gasteiger partial charge in [-0.1, -0.05) is 30.3 Å². The Balaban J connectivity index is 1.75. The van der Waals surface area contributed by atoms with E-state index < -0.39 is 0 Å². The molecular formula is C19H19N5O2. The number of benzene rings is 2. The maximum atomic E-state index is 12.6. The van der Waals surface area contributed by atoms with E-state index in [0.29, 0.717) is 17.8 Å². The molecule has 1 heterocycles. The number of hydrogen-bond acceptors (Lipinski definition) is 4. The zero-order valence-electron chi connectivity index (χ0n) is 14.3. The van der Waals surface area contributed by atoms with Crippen molar-refractivity contribution in [3.63, 3.8) is 0 Å². The molecular weight excluding hydrogens is 330 g/mol. The van der Waals surface area contributed by atoms with Gasteiger partial charge in [0.2, 0.25) is 5.91 Å². The summed E-state index contributed by atoms with van der Waals surface area (Å²) < 4.78 is 0. The summed E-state index contributed by atoms with van der Waals surface area (Å²) in [6, 6.07) is 16.2. The summed E-state index contributed by atoms with van der Waals surface area (Å²) in [6.07, 6.45) is 3.20. The number of amides is 2. The van der Waals surface area contributed by atoms with Crippen molar-refractivity contribution in [2.24, 2.45) is 0 Å². The molecule has 26 heavy (non-hydrogen) atoms. The highest BCUT2D eigenvalue weighted by molar-refractivity contribution is 5.95. The van der Waals surface area contributed by atoms with E-state index in [1.807, 2.05) is 30.3 Å². The van der Waals surface area contributed by atoms with Crippen LogP contribution in [0.15, 0.2) is 67.0 Å². The fourth-order valence-corrected chi connectivity index (χ4v) is 2.57. The Morgan fingerprint density at radius 2 is 1.65 bits per heavy atom. The quantitative estimate of drug-likeness (QED) is 0.715. The minimum absolute atomic E-state index is 0.155. The van der Waals surface area contributed by atoms with Gasteiger partial charge in [-0.15, -0.1) is 0 Å². The topological polar surface area (TPSA) is 88.9 Å². The minimum Gasteiger partial charge on any atom is -0.343 e. The summed E-state index contributed by atoms with van der Waals surface area (Å²) in [4.78, 5) is 25.3. The lowest BCUT2D eigenvalue weighted by atomic mass is 10.1. The molecule has 132 valence electrons. The first-order valence-corrected chi connectivity index (χ1v) is 8.19. The number of aromatic nitrogens is 3. The van der Waals surface area contributed by atoms with Crippen LogP contribution in [0.4, 0.5) is 5.69 Å². The summed E-state index contributed by atoms with van der Waals surface area (Å²) in [5, 5.41) is 13.9. The van der Waals surface area contributed by atoms with E-state index in [1.54, 1.807) is 36.7 Å². The third-order valence-corrected chi connectivity index (χ3v) is 3.79. The number of carbonyl (C=O) groups excluding carboxylic acids is 2. The second-order valence-electron chi connectivity index (χ2n) is 5.78. The number of hydrogen-bond donors (Lipinski definition) is 2. The van der Waals surface area contributed by atoms with Gasteiger partial charge in [0.1, 0.15) is 0 Å². The molecule has 3 aromatic rings. The fourth-order valence-electron chi connectivity index (χ4n) is 2.57. The largest absolute Gasteiger partial charge is 0.343 e.